The van der Waals surface area contributed by atoms with E-state index in [0.717, 1.165) is 14.3 Å². The van der Waals surface area contributed by atoms with E-state index in [0.29, 0.717) is 0 Å². The maximum atomic E-state index is 6.24. The van der Waals surface area contributed by atoms with E-state index in [9.17, 15) is 0 Å². The highest BCUT2D eigenvalue weighted by Crippen LogP contribution is 2.28. The first-order valence-corrected chi connectivity index (χ1v) is 8.64. The largest absolute Gasteiger partial charge is 0.377 e. The number of halogens is 2. The highest BCUT2D eigenvalue weighted by Gasteiger charge is 2.08. The molecule has 0 amide bonds. The molecule has 0 aliphatic rings. The molecule has 0 bridgehead atoms. The van der Waals surface area contributed by atoms with Crippen molar-refractivity contribution in [2.45, 2.75) is 17.9 Å². The summed E-state index contributed by atoms with van der Waals surface area (Å²) >= 11 is 10.3. The number of nitrogens with one attached hydrogen (secondary N) is 1. The number of benzene rings is 2. The lowest BCUT2D eigenvalue weighted by Crippen LogP contribution is -2.06. The van der Waals surface area contributed by atoms with Crippen molar-refractivity contribution in [2.75, 3.05) is 11.6 Å². The third kappa shape index (κ3) is 4.04. The molecule has 0 fully saturated rings. The van der Waals surface area contributed by atoms with Gasteiger partial charge in [0.2, 0.25) is 0 Å². The number of thioether (sulfide) groups is 1. The fourth-order valence-electron chi connectivity index (χ4n) is 1.82. The van der Waals surface area contributed by atoms with Crippen molar-refractivity contribution >= 4 is 51.6 Å². The van der Waals surface area contributed by atoms with Crippen LogP contribution in [0.25, 0.3) is 0 Å². The monoisotopic (exact) mass is 403 g/mol. The van der Waals surface area contributed by atoms with Gasteiger partial charge in [-0.3, -0.25) is 0 Å². The van der Waals surface area contributed by atoms with Gasteiger partial charge < -0.3 is 5.32 Å². The van der Waals surface area contributed by atoms with Crippen LogP contribution >= 0.6 is 46.0 Å². The molecular formula is C15H15ClINS. The molecule has 4 heteroatoms. The second kappa shape index (κ2) is 6.86. The van der Waals surface area contributed by atoms with Gasteiger partial charge in [-0.2, -0.15) is 0 Å². The van der Waals surface area contributed by atoms with Gasteiger partial charge in [-0.15, -0.1) is 11.8 Å². The first-order chi connectivity index (χ1) is 9.10. The fourth-order valence-corrected chi connectivity index (χ4v) is 3.13. The lowest BCUT2D eigenvalue weighted by molar-refractivity contribution is 0.883. The van der Waals surface area contributed by atoms with Gasteiger partial charge in [0, 0.05) is 14.5 Å². The van der Waals surface area contributed by atoms with Crippen LogP contribution in [0.1, 0.15) is 18.5 Å². The number of rotatable bonds is 4. The normalized spacial score (nSPS) is 12.2. The first kappa shape index (κ1) is 15.0. The van der Waals surface area contributed by atoms with Gasteiger partial charge in [0.15, 0.2) is 0 Å². The maximum absolute atomic E-state index is 6.24. The van der Waals surface area contributed by atoms with Crippen LogP contribution in [0.3, 0.4) is 0 Å². The van der Waals surface area contributed by atoms with Crippen LogP contribution in [0.4, 0.5) is 5.69 Å². The van der Waals surface area contributed by atoms with E-state index in [-0.39, 0.29) is 6.04 Å². The number of hydrogen-bond acceptors (Lipinski definition) is 2. The van der Waals surface area contributed by atoms with E-state index < -0.39 is 0 Å². The maximum Gasteiger partial charge on any atom is 0.0648 e. The van der Waals surface area contributed by atoms with Crippen molar-refractivity contribution in [3.63, 3.8) is 0 Å². The second-order valence-electron chi connectivity index (χ2n) is 4.26. The highest BCUT2D eigenvalue weighted by molar-refractivity contribution is 14.1. The van der Waals surface area contributed by atoms with Crippen molar-refractivity contribution in [2.24, 2.45) is 0 Å². The third-order valence-corrected chi connectivity index (χ3v) is 4.65. The molecule has 2 aromatic carbocycles. The Morgan fingerprint density at radius 2 is 1.84 bits per heavy atom. The molecule has 1 atom stereocenters. The summed E-state index contributed by atoms with van der Waals surface area (Å²) in [6, 6.07) is 14.9. The summed E-state index contributed by atoms with van der Waals surface area (Å²) in [6.45, 7) is 2.14. The van der Waals surface area contributed by atoms with Crippen LogP contribution in [0.15, 0.2) is 47.4 Å². The summed E-state index contributed by atoms with van der Waals surface area (Å²) in [5.41, 5.74) is 2.23. The minimum atomic E-state index is 0.230. The van der Waals surface area contributed by atoms with Crippen molar-refractivity contribution in [3.05, 3.63) is 56.6 Å². The molecule has 0 saturated heterocycles. The number of anilines is 1. The lowest BCUT2D eigenvalue weighted by Gasteiger charge is -2.17. The van der Waals surface area contributed by atoms with Crippen LogP contribution in [0.5, 0.6) is 0 Å². The average molecular weight is 404 g/mol. The summed E-state index contributed by atoms with van der Waals surface area (Å²) in [6.07, 6.45) is 2.09. The standard InChI is InChI=1S/C15H15ClINS/c1-10(11-3-6-13(19-2)7-4-11)18-15-8-5-12(17)9-14(15)16/h3-10,18H,1-2H3. The van der Waals surface area contributed by atoms with Gasteiger partial charge in [-0.1, -0.05) is 23.7 Å². The molecule has 0 heterocycles. The van der Waals surface area contributed by atoms with E-state index in [1.165, 1.54) is 10.5 Å². The fraction of sp³-hybridized carbons (Fsp3) is 0.200. The Bertz CT molecular complexity index is 557. The molecule has 1 unspecified atom stereocenters. The zero-order valence-electron chi connectivity index (χ0n) is 10.8. The molecule has 1 N–H and O–H groups in total. The molecule has 19 heavy (non-hydrogen) atoms. The summed E-state index contributed by atoms with van der Waals surface area (Å²) < 4.78 is 1.14. The molecule has 0 radical (unpaired) electrons. The smallest absolute Gasteiger partial charge is 0.0648 e. The van der Waals surface area contributed by atoms with Crippen LogP contribution in [-0.4, -0.2) is 6.26 Å². The topological polar surface area (TPSA) is 12.0 Å². The highest BCUT2D eigenvalue weighted by atomic mass is 127. The molecule has 100 valence electrons. The molecule has 0 aliphatic heterocycles. The zero-order chi connectivity index (χ0) is 13.8. The summed E-state index contributed by atoms with van der Waals surface area (Å²) in [4.78, 5) is 1.28. The van der Waals surface area contributed by atoms with Gasteiger partial charge in [0.1, 0.15) is 0 Å². The van der Waals surface area contributed by atoms with E-state index in [2.05, 4.69) is 71.4 Å². The Morgan fingerprint density at radius 3 is 2.42 bits per heavy atom. The molecule has 0 spiro atoms. The molecule has 0 aliphatic carbocycles. The summed E-state index contributed by atoms with van der Waals surface area (Å²) in [5.74, 6) is 0. The Morgan fingerprint density at radius 1 is 1.16 bits per heavy atom. The Balaban J connectivity index is 2.13. The Hall–Kier alpha value is -0.390. The van der Waals surface area contributed by atoms with E-state index in [1.54, 1.807) is 11.8 Å². The predicted molar refractivity (Wildman–Crippen MR) is 94.4 cm³/mol. The van der Waals surface area contributed by atoms with E-state index >= 15 is 0 Å². The van der Waals surface area contributed by atoms with Gasteiger partial charge >= 0.3 is 0 Å². The molecule has 1 nitrogen and oxygen atoms in total. The molecule has 2 rings (SSSR count). The van der Waals surface area contributed by atoms with Crippen molar-refractivity contribution < 1.29 is 0 Å². The molecule has 2 aromatic rings. The van der Waals surface area contributed by atoms with E-state index in [1.807, 2.05) is 12.1 Å². The quantitative estimate of drug-likeness (QED) is 0.508. The summed E-state index contributed by atoms with van der Waals surface area (Å²) in [7, 11) is 0. The van der Waals surface area contributed by atoms with Crippen molar-refractivity contribution in [3.8, 4) is 0 Å². The van der Waals surface area contributed by atoms with Gasteiger partial charge in [0.25, 0.3) is 0 Å². The first-order valence-electron chi connectivity index (χ1n) is 5.95. The summed E-state index contributed by atoms with van der Waals surface area (Å²) in [5, 5.41) is 4.21. The second-order valence-corrected chi connectivity index (χ2v) is 6.80. The lowest BCUT2D eigenvalue weighted by atomic mass is 10.1. The SMILES string of the molecule is CSc1ccc(C(C)Nc2ccc(I)cc2Cl)cc1. The molecule has 0 aromatic heterocycles. The van der Waals surface area contributed by atoms with Gasteiger partial charge in [-0.05, 0) is 71.7 Å². The van der Waals surface area contributed by atoms with Gasteiger partial charge in [-0.25, -0.2) is 0 Å². The van der Waals surface area contributed by atoms with Crippen LogP contribution in [-0.2, 0) is 0 Å². The van der Waals surface area contributed by atoms with Crippen LogP contribution < -0.4 is 5.32 Å². The predicted octanol–water partition coefficient (Wildman–Crippen LogP) is 5.84. The van der Waals surface area contributed by atoms with Crippen molar-refractivity contribution in [1.29, 1.82) is 0 Å². The molecule has 0 saturated carbocycles. The Kier molecular flexibility index (Phi) is 5.42. The Labute approximate surface area is 137 Å². The molecular weight excluding hydrogens is 389 g/mol. The van der Waals surface area contributed by atoms with Crippen LogP contribution in [0, 0.1) is 3.57 Å². The van der Waals surface area contributed by atoms with Crippen LogP contribution in [0.2, 0.25) is 5.02 Å². The third-order valence-electron chi connectivity index (χ3n) is 2.92. The zero-order valence-corrected chi connectivity index (χ0v) is 14.5. The minimum absolute atomic E-state index is 0.230. The van der Waals surface area contributed by atoms with Gasteiger partial charge in [0.05, 0.1) is 10.7 Å². The average Bonchev–Trinajstić information content (AvgIpc) is 2.42. The van der Waals surface area contributed by atoms with Crippen molar-refractivity contribution in [1.82, 2.24) is 0 Å². The number of hydrogen-bond donors (Lipinski definition) is 1. The van der Waals surface area contributed by atoms with E-state index in [4.69, 9.17) is 11.6 Å². The minimum Gasteiger partial charge on any atom is -0.377 e.